The summed E-state index contributed by atoms with van der Waals surface area (Å²) in [6, 6.07) is 17.8. The van der Waals surface area contributed by atoms with Crippen molar-refractivity contribution in [1.82, 2.24) is 14.9 Å². The summed E-state index contributed by atoms with van der Waals surface area (Å²) < 4.78 is 21.5. The minimum absolute atomic E-state index is 0.339. The molecule has 2 aromatic heterocycles. The van der Waals surface area contributed by atoms with Crippen LogP contribution >= 0.6 is 12.2 Å². The fourth-order valence-corrected chi connectivity index (χ4v) is 2.81. The molecule has 0 atom stereocenters. The predicted octanol–water partition coefficient (Wildman–Crippen LogP) is 5.20. The molecule has 0 spiro atoms. The van der Waals surface area contributed by atoms with Gasteiger partial charge in [0.2, 0.25) is 4.77 Å². The zero-order chi connectivity index (χ0) is 18.8. The predicted molar refractivity (Wildman–Crippen MR) is 105 cm³/mol. The Bertz CT molecular complexity index is 1170. The molecule has 4 aromatic rings. The molecule has 0 bridgehead atoms. The molecule has 0 saturated carbocycles. The van der Waals surface area contributed by atoms with Crippen molar-refractivity contribution in [3.8, 4) is 22.7 Å². The largest absolute Gasteiger partial charge is 0.455 e. The summed E-state index contributed by atoms with van der Waals surface area (Å²) in [5.74, 6) is 1.17. The van der Waals surface area contributed by atoms with Gasteiger partial charge in [0.25, 0.3) is 0 Å². The third-order valence-electron chi connectivity index (χ3n) is 4.03. The molecule has 2 heterocycles. The van der Waals surface area contributed by atoms with Gasteiger partial charge in [-0.2, -0.15) is 14.9 Å². The van der Waals surface area contributed by atoms with E-state index in [2.05, 4.69) is 15.3 Å². The summed E-state index contributed by atoms with van der Waals surface area (Å²) >= 11 is 5.26. The molecule has 0 amide bonds. The Morgan fingerprint density at radius 3 is 2.67 bits per heavy atom. The average molecular weight is 378 g/mol. The number of furan rings is 1. The number of aryl methyl sites for hydroxylation is 1. The highest BCUT2D eigenvalue weighted by molar-refractivity contribution is 7.71. The molecule has 1 N–H and O–H groups in total. The first-order chi connectivity index (χ1) is 13.1. The van der Waals surface area contributed by atoms with Crippen LogP contribution in [0.3, 0.4) is 0 Å². The van der Waals surface area contributed by atoms with Gasteiger partial charge in [-0.25, -0.2) is 9.49 Å². The summed E-state index contributed by atoms with van der Waals surface area (Å²) in [5.41, 5.74) is 2.44. The first-order valence-electron chi connectivity index (χ1n) is 8.25. The lowest BCUT2D eigenvalue weighted by Gasteiger charge is -2.01. The summed E-state index contributed by atoms with van der Waals surface area (Å²) in [6.07, 6.45) is 1.52. The molecular weight excluding hydrogens is 363 g/mol. The number of halogens is 1. The normalized spacial score (nSPS) is 11.3. The second-order valence-corrected chi connectivity index (χ2v) is 6.34. The fraction of sp³-hybridized carbons (Fsp3) is 0.0500. The SMILES string of the molecule is Cc1ccc(-c2n[nH]c(=S)n2/N=C\c2ccc(-c3ccccc3F)o2)cc1. The van der Waals surface area contributed by atoms with Crippen LogP contribution < -0.4 is 0 Å². The Hall–Kier alpha value is -3.32. The van der Waals surface area contributed by atoms with Gasteiger partial charge >= 0.3 is 0 Å². The van der Waals surface area contributed by atoms with Gasteiger partial charge in [-0.1, -0.05) is 42.0 Å². The van der Waals surface area contributed by atoms with Gasteiger partial charge in [-0.15, -0.1) is 0 Å². The van der Waals surface area contributed by atoms with Gasteiger partial charge < -0.3 is 4.42 Å². The maximum atomic E-state index is 13.9. The van der Waals surface area contributed by atoms with Crippen molar-refractivity contribution in [2.24, 2.45) is 5.10 Å². The minimum Gasteiger partial charge on any atom is -0.455 e. The van der Waals surface area contributed by atoms with Crippen molar-refractivity contribution in [3.05, 3.63) is 82.6 Å². The van der Waals surface area contributed by atoms with Gasteiger partial charge in [0.05, 0.1) is 11.8 Å². The van der Waals surface area contributed by atoms with Crippen LogP contribution in [0.1, 0.15) is 11.3 Å². The van der Waals surface area contributed by atoms with Crippen LogP contribution in [0, 0.1) is 17.5 Å². The van der Waals surface area contributed by atoms with Gasteiger partial charge in [0.15, 0.2) is 5.82 Å². The summed E-state index contributed by atoms with van der Waals surface area (Å²) in [6.45, 7) is 2.02. The fourth-order valence-electron chi connectivity index (χ4n) is 2.63. The average Bonchev–Trinajstić information content (AvgIpc) is 3.28. The van der Waals surface area contributed by atoms with Gasteiger partial charge in [-0.3, -0.25) is 0 Å². The highest BCUT2D eigenvalue weighted by Gasteiger charge is 2.10. The van der Waals surface area contributed by atoms with E-state index >= 15 is 0 Å². The van der Waals surface area contributed by atoms with Gasteiger partial charge in [0, 0.05) is 5.56 Å². The van der Waals surface area contributed by atoms with E-state index < -0.39 is 0 Å². The van der Waals surface area contributed by atoms with E-state index in [9.17, 15) is 4.39 Å². The third kappa shape index (κ3) is 3.50. The number of rotatable bonds is 4. The number of benzene rings is 2. The highest BCUT2D eigenvalue weighted by atomic mass is 32.1. The van der Waals surface area contributed by atoms with Crippen molar-refractivity contribution in [1.29, 1.82) is 0 Å². The Balaban J connectivity index is 1.65. The zero-order valence-electron chi connectivity index (χ0n) is 14.4. The van der Waals surface area contributed by atoms with Gasteiger partial charge in [-0.05, 0) is 43.4 Å². The van der Waals surface area contributed by atoms with Crippen LogP contribution in [-0.4, -0.2) is 21.1 Å². The molecule has 0 unspecified atom stereocenters. The second kappa shape index (κ2) is 7.13. The van der Waals surface area contributed by atoms with Crippen LogP contribution in [0.25, 0.3) is 22.7 Å². The molecule has 2 aromatic carbocycles. The monoisotopic (exact) mass is 378 g/mol. The van der Waals surface area contributed by atoms with E-state index in [1.807, 2.05) is 31.2 Å². The zero-order valence-corrected chi connectivity index (χ0v) is 15.2. The molecule has 0 aliphatic heterocycles. The molecule has 0 aliphatic rings. The number of H-pyrrole nitrogens is 1. The van der Waals surface area contributed by atoms with Crippen molar-refractivity contribution in [2.45, 2.75) is 6.92 Å². The lowest BCUT2D eigenvalue weighted by Crippen LogP contribution is -1.94. The van der Waals surface area contributed by atoms with Crippen molar-refractivity contribution >= 4 is 18.4 Å². The first-order valence-corrected chi connectivity index (χ1v) is 8.66. The van der Waals surface area contributed by atoms with Crippen molar-refractivity contribution in [2.75, 3.05) is 0 Å². The smallest absolute Gasteiger partial charge is 0.216 e. The second-order valence-electron chi connectivity index (χ2n) is 5.96. The molecular formula is C20H15FN4OS. The van der Waals surface area contributed by atoms with Crippen LogP contribution in [0.15, 0.2) is 70.2 Å². The van der Waals surface area contributed by atoms with E-state index in [4.69, 9.17) is 16.6 Å². The molecule has 134 valence electrons. The molecule has 7 heteroatoms. The number of aromatic nitrogens is 3. The Morgan fingerprint density at radius 1 is 1.11 bits per heavy atom. The number of aromatic amines is 1. The molecule has 0 radical (unpaired) electrons. The number of hydrogen-bond donors (Lipinski definition) is 1. The summed E-state index contributed by atoms with van der Waals surface area (Å²) in [5, 5.41) is 11.4. The quantitative estimate of drug-likeness (QED) is 0.392. The van der Waals surface area contributed by atoms with Crippen LogP contribution in [0.4, 0.5) is 4.39 Å². The molecule has 0 saturated heterocycles. The topological polar surface area (TPSA) is 59.1 Å². The van der Waals surface area contributed by atoms with Crippen molar-refractivity contribution in [3.63, 3.8) is 0 Å². The van der Waals surface area contributed by atoms with Crippen LogP contribution in [0.5, 0.6) is 0 Å². The maximum absolute atomic E-state index is 13.9. The number of nitrogens with one attached hydrogen (secondary N) is 1. The lowest BCUT2D eigenvalue weighted by molar-refractivity contribution is 0.563. The van der Waals surface area contributed by atoms with E-state index in [0.29, 0.717) is 27.7 Å². The van der Waals surface area contributed by atoms with E-state index in [-0.39, 0.29) is 5.82 Å². The van der Waals surface area contributed by atoms with Crippen LogP contribution in [-0.2, 0) is 0 Å². The molecule has 0 fully saturated rings. The molecule has 4 rings (SSSR count). The minimum atomic E-state index is -0.339. The number of hydrogen-bond acceptors (Lipinski definition) is 4. The van der Waals surface area contributed by atoms with Crippen LogP contribution in [0.2, 0.25) is 0 Å². The maximum Gasteiger partial charge on any atom is 0.216 e. The third-order valence-corrected chi connectivity index (χ3v) is 4.29. The van der Waals surface area contributed by atoms with E-state index in [0.717, 1.165) is 11.1 Å². The molecule has 27 heavy (non-hydrogen) atoms. The molecule has 0 aliphatic carbocycles. The van der Waals surface area contributed by atoms with E-state index in [1.54, 1.807) is 30.3 Å². The standard InChI is InChI=1S/C20H15FN4OS/c1-13-6-8-14(9-7-13)19-23-24-20(27)25(19)22-12-15-10-11-18(26-15)16-4-2-3-5-17(16)21/h2-12H,1H3,(H,24,27)/b22-12-. The Kier molecular flexibility index (Phi) is 4.52. The van der Waals surface area contributed by atoms with Crippen molar-refractivity contribution < 1.29 is 8.81 Å². The first kappa shape index (κ1) is 17.1. The highest BCUT2D eigenvalue weighted by Crippen LogP contribution is 2.24. The summed E-state index contributed by atoms with van der Waals surface area (Å²) in [7, 11) is 0. The summed E-state index contributed by atoms with van der Waals surface area (Å²) in [4.78, 5) is 0. The molecule has 5 nitrogen and oxygen atoms in total. The Morgan fingerprint density at radius 2 is 1.89 bits per heavy atom. The van der Waals surface area contributed by atoms with Gasteiger partial charge in [0.1, 0.15) is 17.3 Å². The number of nitrogens with zero attached hydrogens (tertiary/aromatic N) is 3. The lowest BCUT2D eigenvalue weighted by atomic mass is 10.1. The Labute approximate surface area is 159 Å². The van der Waals surface area contributed by atoms with E-state index in [1.165, 1.54) is 17.0 Å².